The Morgan fingerprint density at radius 3 is 2.80 bits per heavy atom. The third-order valence-corrected chi connectivity index (χ3v) is 2.45. The highest BCUT2D eigenvalue weighted by Crippen LogP contribution is 2.05. The van der Waals surface area contributed by atoms with Gasteiger partial charge >= 0.3 is 0 Å². The van der Waals surface area contributed by atoms with E-state index >= 15 is 0 Å². The molecule has 0 saturated carbocycles. The third-order valence-electron chi connectivity index (χ3n) is 2.45. The third kappa shape index (κ3) is 4.49. The lowest BCUT2D eigenvalue weighted by molar-refractivity contribution is 0.108. The highest BCUT2D eigenvalue weighted by molar-refractivity contribution is 5.04. The molecule has 0 fully saturated rings. The van der Waals surface area contributed by atoms with Crippen molar-refractivity contribution in [2.45, 2.75) is 33.4 Å². The molecule has 1 heterocycles. The first-order chi connectivity index (χ1) is 7.24. The van der Waals surface area contributed by atoms with Crippen LogP contribution in [-0.2, 0) is 11.3 Å². The van der Waals surface area contributed by atoms with Gasteiger partial charge in [0.1, 0.15) is 0 Å². The second-order valence-electron chi connectivity index (χ2n) is 4.02. The maximum absolute atomic E-state index is 5.44. The van der Waals surface area contributed by atoms with Crippen LogP contribution in [0.2, 0.25) is 0 Å². The van der Waals surface area contributed by atoms with Crippen molar-refractivity contribution in [3.05, 3.63) is 24.2 Å². The van der Waals surface area contributed by atoms with Crippen LogP contribution in [0.4, 0.5) is 0 Å². The summed E-state index contributed by atoms with van der Waals surface area (Å²) in [4.78, 5) is 0. The lowest BCUT2D eigenvalue weighted by Crippen LogP contribution is -2.37. The van der Waals surface area contributed by atoms with E-state index in [4.69, 9.17) is 9.15 Å². The molecule has 1 atom stereocenters. The summed E-state index contributed by atoms with van der Waals surface area (Å²) in [6.07, 6.45) is 3.47. The molecule has 0 aliphatic carbocycles. The van der Waals surface area contributed by atoms with E-state index in [1.807, 2.05) is 13.0 Å². The van der Waals surface area contributed by atoms with Crippen molar-refractivity contribution in [2.75, 3.05) is 13.2 Å². The van der Waals surface area contributed by atoms with Crippen LogP contribution in [0, 0.1) is 5.92 Å². The van der Waals surface area contributed by atoms with Crippen molar-refractivity contribution in [2.24, 2.45) is 5.92 Å². The summed E-state index contributed by atoms with van der Waals surface area (Å²) in [7, 11) is 0. The van der Waals surface area contributed by atoms with Crippen LogP contribution in [0.1, 0.15) is 26.3 Å². The average molecular weight is 211 g/mol. The van der Waals surface area contributed by atoms with Crippen molar-refractivity contribution in [3.8, 4) is 0 Å². The maximum atomic E-state index is 5.44. The predicted octanol–water partition coefficient (Wildman–Crippen LogP) is 2.43. The summed E-state index contributed by atoms with van der Waals surface area (Å²) >= 11 is 0. The second-order valence-corrected chi connectivity index (χ2v) is 4.02. The summed E-state index contributed by atoms with van der Waals surface area (Å²) in [6, 6.07) is 2.38. The zero-order valence-electron chi connectivity index (χ0n) is 9.82. The average Bonchev–Trinajstić information content (AvgIpc) is 2.70. The van der Waals surface area contributed by atoms with E-state index in [9.17, 15) is 0 Å². The summed E-state index contributed by atoms with van der Waals surface area (Å²) in [5.41, 5.74) is 1.18. The topological polar surface area (TPSA) is 34.4 Å². The van der Waals surface area contributed by atoms with E-state index < -0.39 is 0 Å². The Bertz CT molecular complexity index is 244. The second kappa shape index (κ2) is 6.64. The molecule has 0 aliphatic rings. The number of rotatable bonds is 7. The van der Waals surface area contributed by atoms with Crippen molar-refractivity contribution >= 4 is 0 Å². The molecule has 0 saturated heterocycles. The van der Waals surface area contributed by atoms with Crippen LogP contribution >= 0.6 is 0 Å². The fraction of sp³-hybridized carbons (Fsp3) is 0.667. The Morgan fingerprint density at radius 2 is 2.27 bits per heavy atom. The molecule has 0 bridgehead atoms. The minimum Gasteiger partial charge on any atom is -0.472 e. The minimum absolute atomic E-state index is 0.403. The van der Waals surface area contributed by atoms with Gasteiger partial charge in [-0.2, -0.15) is 0 Å². The van der Waals surface area contributed by atoms with Crippen LogP contribution in [-0.4, -0.2) is 19.3 Å². The Balaban J connectivity index is 2.31. The summed E-state index contributed by atoms with van der Waals surface area (Å²) in [6.45, 7) is 8.81. The fourth-order valence-electron chi connectivity index (χ4n) is 1.37. The number of nitrogens with one attached hydrogen (secondary N) is 1. The number of hydrogen-bond donors (Lipinski definition) is 1. The summed E-state index contributed by atoms with van der Waals surface area (Å²) in [5, 5.41) is 3.47. The van der Waals surface area contributed by atoms with E-state index in [0.29, 0.717) is 12.0 Å². The van der Waals surface area contributed by atoms with Crippen molar-refractivity contribution in [3.63, 3.8) is 0 Å². The molecular weight excluding hydrogens is 190 g/mol. The lowest BCUT2D eigenvalue weighted by atomic mass is 10.1. The highest BCUT2D eigenvalue weighted by atomic mass is 16.5. The molecule has 0 radical (unpaired) electrons. The van der Waals surface area contributed by atoms with Gasteiger partial charge in [-0.1, -0.05) is 13.8 Å². The van der Waals surface area contributed by atoms with Crippen molar-refractivity contribution < 1.29 is 9.15 Å². The number of hydrogen-bond acceptors (Lipinski definition) is 3. The zero-order valence-corrected chi connectivity index (χ0v) is 9.82. The van der Waals surface area contributed by atoms with Crippen LogP contribution in [0.15, 0.2) is 23.0 Å². The van der Waals surface area contributed by atoms with Gasteiger partial charge < -0.3 is 14.5 Å². The quantitative estimate of drug-likeness (QED) is 0.752. The smallest absolute Gasteiger partial charge is 0.0947 e. The molecule has 86 valence electrons. The monoisotopic (exact) mass is 211 g/mol. The highest BCUT2D eigenvalue weighted by Gasteiger charge is 2.12. The van der Waals surface area contributed by atoms with Gasteiger partial charge in [-0.25, -0.2) is 0 Å². The SMILES string of the molecule is CCOCC(NCc1ccoc1)C(C)C. The molecule has 0 aromatic carbocycles. The van der Waals surface area contributed by atoms with Crippen LogP contribution < -0.4 is 5.32 Å². The van der Waals surface area contributed by atoms with Gasteiger partial charge in [-0.3, -0.25) is 0 Å². The number of ether oxygens (including phenoxy) is 1. The first-order valence-electron chi connectivity index (χ1n) is 5.56. The Kier molecular flexibility index (Phi) is 5.43. The standard InChI is InChI=1S/C12H21NO2/c1-4-14-9-12(10(2)3)13-7-11-5-6-15-8-11/h5-6,8,10,12-13H,4,7,9H2,1-3H3. The van der Waals surface area contributed by atoms with Gasteiger partial charge in [0, 0.05) is 24.8 Å². The molecule has 1 aromatic heterocycles. The van der Waals surface area contributed by atoms with Gasteiger partial charge in [0.15, 0.2) is 0 Å². The van der Waals surface area contributed by atoms with E-state index in [0.717, 1.165) is 19.8 Å². The van der Waals surface area contributed by atoms with Crippen molar-refractivity contribution in [1.82, 2.24) is 5.32 Å². The predicted molar refractivity (Wildman–Crippen MR) is 60.7 cm³/mol. The first kappa shape index (κ1) is 12.3. The largest absolute Gasteiger partial charge is 0.472 e. The molecule has 1 N–H and O–H groups in total. The normalized spacial score (nSPS) is 13.3. The first-order valence-corrected chi connectivity index (χ1v) is 5.56. The van der Waals surface area contributed by atoms with Gasteiger partial charge in [-0.05, 0) is 18.9 Å². The minimum atomic E-state index is 0.403. The van der Waals surface area contributed by atoms with Gasteiger partial charge in [-0.15, -0.1) is 0 Å². The van der Waals surface area contributed by atoms with E-state index in [-0.39, 0.29) is 0 Å². The molecule has 1 rings (SSSR count). The fourth-order valence-corrected chi connectivity index (χ4v) is 1.37. The molecule has 0 aliphatic heterocycles. The van der Waals surface area contributed by atoms with E-state index in [1.165, 1.54) is 5.56 Å². The molecule has 0 spiro atoms. The lowest BCUT2D eigenvalue weighted by Gasteiger charge is -2.21. The molecule has 0 amide bonds. The van der Waals surface area contributed by atoms with Gasteiger partial charge in [0.2, 0.25) is 0 Å². The van der Waals surface area contributed by atoms with Crippen molar-refractivity contribution in [1.29, 1.82) is 0 Å². The Labute approximate surface area is 91.8 Å². The zero-order chi connectivity index (χ0) is 11.1. The molecule has 15 heavy (non-hydrogen) atoms. The summed E-state index contributed by atoms with van der Waals surface area (Å²) < 4.78 is 10.5. The van der Waals surface area contributed by atoms with E-state index in [1.54, 1.807) is 12.5 Å². The molecule has 3 heteroatoms. The Morgan fingerprint density at radius 1 is 1.47 bits per heavy atom. The molecule has 1 unspecified atom stereocenters. The van der Waals surface area contributed by atoms with Crippen LogP contribution in [0.3, 0.4) is 0 Å². The molecular formula is C12H21NO2. The van der Waals surface area contributed by atoms with Gasteiger partial charge in [0.25, 0.3) is 0 Å². The summed E-state index contributed by atoms with van der Waals surface area (Å²) in [5.74, 6) is 0.573. The molecule has 3 nitrogen and oxygen atoms in total. The van der Waals surface area contributed by atoms with Crippen LogP contribution in [0.5, 0.6) is 0 Å². The van der Waals surface area contributed by atoms with Crippen LogP contribution in [0.25, 0.3) is 0 Å². The molecule has 1 aromatic rings. The number of furan rings is 1. The Hall–Kier alpha value is -0.800. The van der Waals surface area contributed by atoms with Gasteiger partial charge in [0.05, 0.1) is 19.1 Å². The maximum Gasteiger partial charge on any atom is 0.0947 e. The van der Waals surface area contributed by atoms with E-state index in [2.05, 4.69) is 19.2 Å².